The molecule has 0 heterocycles. The first-order valence-corrected chi connectivity index (χ1v) is 3.08. The third-order valence-electron chi connectivity index (χ3n) is 1.37. The van der Waals surface area contributed by atoms with E-state index in [0.717, 1.165) is 6.92 Å². The number of hydrogen-bond donors (Lipinski definition) is 4. The zero-order valence-electron chi connectivity index (χ0n) is 6.54. The predicted octanol–water partition coefficient (Wildman–Crippen LogP) is -0.161. The summed E-state index contributed by atoms with van der Waals surface area (Å²) in [6.45, 7) is 0.307. The van der Waals surface area contributed by atoms with E-state index >= 15 is 0 Å². The Morgan fingerprint density at radius 3 is 1.75 bits per heavy atom. The van der Waals surface area contributed by atoms with Gasteiger partial charge in [-0.25, -0.2) is 5.90 Å². The highest BCUT2D eigenvalue weighted by Crippen LogP contribution is 2.27. The van der Waals surface area contributed by atoms with Crippen molar-refractivity contribution in [3.05, 3.63) is 0 Å². The smallest absolute Gasteiger partial charge is 0.393 e. The Morgan fingerprint density at radius 2 is 1.67 bits per heavy atom. The monoisotopic (exact) mass is 190 g/mol. The van der Waals surface area contributed by atoms with Crippen LogP contribution in [0.5, 0.6) is 0 Å². The Hall–Kier alpha value is -0.370. The van der Waals surface area contributed by atoms with Crippen LogP contribution in [0.25, 0.3) is 0 Å². The van der Waals surface area contributed by atoms with E-state index in [0.29, 0.717) is 0 Å². The zero-order chi connectivity index (χ0) is 10.4. The molecule has 0 saturated carbocycles. The van der Waals surface area contributed by atoms with Gasteiger partial charge in [0, 0.05) is 6.04 Å². The molecule has 0 aliphatic carbocycles. The molecule has 0 aliphatic rings. The van der Waals surface area contributed by atoms with Crippen LogP contribution in [0.3, 0.4) is 0 Å². The molecule has 0 aliphatic heterocycles. The Kier molecular flexibility index (Phi) is 7.30. The van der Waals surface area contributed by atoms with Crippen molar-refractivity contribution in [2.45, 2.75) is 19.1 Å². The maximum Gasteiger partial charge on any atom is 0.393 e. The summed E-state index contributed by atoms with van der Waals surface area (Å²) in [4.78, 5) is 0. The molecule has 4 nitrogen and oxygen atoms in total. The average molecular weight is 190 g/mol. The molecule has 2 atom stereocenters. The fourth-order valence-electron chi connectivity index (χ4n) is 0.401. The molecule has 0 aromatic heterocycles. The van der Waals surface area contributed by atoms with Gasteiger partial charge in [0.2, 0.25) is 0 Å². The van der Waals surface area contributed by atoms with Crippen LogP contribution in [-0.4, -0.2) is 29.1 Å². The molecule has 0 spiro atoms. The fourth-order valence-corrected chi connectivity index (χ4v) is 0.401. The number of halogens is 3. The van der Waals surface area contributed by atoms with E-state index in [-0.39, 0.29) is 0 Å². The van der Waals surface area contributed by atoms with Gasteiger partial charge in [0.15, 0.2) is 0 Å². The van der Waals surface area contributed by atoms with Crippen molar-refractivity contribution in [2.24, 2.45) is 17.5 Å². The SMILES string of the molecule is C[C@@H]([C@H](N)CO)C(F)(F)F.NO. The minimum atomic E-state index is -4.30. The first kappa shape index (κ1) is 14.2. The van der Waals surface area contributed by atoms with E-state index in [1.165, 1.54) is 0 Å². The second kappa shape index (κ2) is 6.18. The van der Waals surface area contributed by atoms with Crippen molar-refractivity contribution < 1.29 is 23.5 Å². The van der Waals surface area contributed by atoms with Gasteiger partial charge in [-0.2, -0.15) is 13.2 Å². The van der Waals surface area contributed by atoms with E-state index in [9.17, 15) is 13.2 Å². The number of nitrogens with two attached hydrogens (primary N) is 2. The van der Waals surface area contributed by atoms with Gasteiger partial charge >= 0.3 is 6.18 Å². The lowest BCUT2D eigenvalue weighted by atomic mass is 10.0. The van der Waals surface area contributed by atoms with Crippen LogP contribution in [0.15, 0.2) is 0 Å². The molecular formula is C5H13F3N2O2. The predicted molar refractivity (Wildman–Crippen MR) is 36.3 cm³/mol. The first-order chi connectivity index (χ1) is 5.39. The first-order valence-electron chi connectivity index (χ1n) is 3.08. The van der Waals surface area contributed by atoms with Crippen LogP contribution in [-0.2, 0) is 0 Å². The molecule has 0 radical (unpaired) electrons. The highest BCUT2D eigenvalue weighted by molar-refractivity contribution is 4.73. The topological polar surface area (TPSA) is 92.5 Å². The van der Waals surface area contributed by atoms with Crippen molar-refractivity contribution in [1.82, 2.24) is 0 Å². The molecule has 0 amide bonds. The Bertz CT molecular complexity index is 109. The second-order valence-electron chi connectivity index (χ2n) is 2.18. The van der Waals surface area contributed by atoms with Gasteiger partial charge in [-0.1, -0.05) is 6.92 Å². The van der Waals surface area contributed by atoms with Crippen LogP contribution >= 0.6 is 0 Å². The van der Waals surface area contributed by atoms with Crippen LogP contribution in [0, 0.1) is 5.92 Å². The molecular weight excluding hydrogens is 177 g/mol. The highest BCUT2D eigenvalue weighted by atomic mass is 19.4. The largest absolute Gasteiger partial charge is 0.395 e. The summed E-state index contributed by atoms with van der Waals surface area (Å²) in [6, 6.07) is -1.21. The normalized spacial score (nSPS) is 16.0. The molecule has 12 heavy (non-hydrogen) atoms. The van der Waals surface area contributed by atoms with E-state index in [4.69, 9.17) is 16.0 Å². The standard InChI is InChI=1S/C5H10F3NO.H3NO/c1-3(4(9)2-10)5(6,7)8;1-2/h3-4,10H,2,9H2,1H3;2H,1H2/t3-,4+;/m0./s1. The van der Waals surface area contributed by atoms with E-state index in [2.05, 4.69) is 5.90 Å². The lowest BCUT2D eigenvalue weighted by Crippen LogP contribution is -2.40. The molecule has 0 aromatic rings. The van der Waals surface area contributed by atoms with Crippen molar-refractivity contribution >= 4 is 0 Å². The van der Waals surface area contributed by atoms with Crippen LogP contribution in [0.1, 0.15) is 6.92 Å². The summed E-state index contributed by atoms with van der Waals surface area (Å²) in [5, 5.41) is 14.7. The van der Waals surface area contributed by atoms with Gasteiger partial charge in [-0.3, -0.25) is 0 Å². The number of rotatable bonds is 2. The Balaban J connectivity index is 0. The van der Waals surface area contributed by atoms with Gasteiger partial charge < -0.3 is 16.0 Å². The maximum absolute atomic E-state index is 11.7. The number of hydrogen-bond acceptors (Lipinski definition) is 4. The quantitative estimate of drug-likeness (QED) is 0.455. The minimum absolute atomic E-state index is 0.638. The maximum atomic E-state index is 11.7. The Morgan fingerprint density at radius 1 is 1.33 bits per heavy atom. The second-order valence-corrected chi connectivity index (χ2v) is 2.18. The van der Waals surface area contributed by atoms with Crippen LogP contribution in [0.4, 0.5) is 13.2 Å². The summed E-state index contributed by atoms with van der Waals surface area (Å²) in [7, 11) is 0. The van der Waals surface area contributed by atoms with Gasteiger partial charge in [0.1, 0.15) is 0 Å². The van der Waals surface area contributed by atoms with E-state index in [1.807, 2.05) is 0 Å². The highest BCUT2D eigenvalue weighted by Gasteiger charge is 2.39. The van der Waals surface area contributed by atoms with E-state index < -0.39 is 24.7 Å². The zero-order valence-corrected chi connectivity index (χ0v) is 6.54. The molecule has 0 bridgehead atoms. The summed E-state index contributed by atoms with van der Waals surface area (Å²) < 4.78 is 35.1. The molecule has 76 valence electrons. The van der Waals surface area contributed by atoms with Crippen molar-refractivity contribution in [1.29, 1.82) is 0 Å². The summed E-state index contributed by atoms with van der Waals surface area (Å²) in [6.07, 6.45) is -4.30. The molecule has 7 heteroatoms. The van der Waals surface area contributed by atoms with Crippen LogP contribution < -0.4 is 11.6 Å². The third kappa shape index (κ3) is 5.30. The van der Waals surface area contributed by atoms with E-state index in [1.54, 1.807) is 0 Å². The van der Waals surface area contributed by atoms with Gasteiger partial charge in [-0.05, 0) is 0 Å². The Labute approximate surface area is 67.9 Å². The number of aliphatic hydroxyl groups excluding tert-OH is 1. The number of aliphatic hydroxyl groups is 1. The van der Waals surface area contributed by atoms with Gasteiger partial charge in [-0.15, -0.1) is 0 Å². The molecule has 0 fully saturated rings. The lowest BCUT2D eigenvalue weighted by Gasteiger charge is -2.20. The molecule has 0 rings (SSSR count). The molecule has 0 aromatic carbocycles. The average Bonchev–Trinajstić information content (AvgIpc) is 2.04. The summed E-state index contributed by atoms with van der Waals surface area (Å²) in [5.74, 6) is 1.86. The van der Waals surface area contributed by atoms with Crippen molar-refractivity contribution in [2.75, 3.05) is 6.61 Å². The third-order valence-corrected chi connectivity index (χ3v) is 1.37. The van der Waals surface area contributed by atoms with Gasteiger partial charge in [0.05, 0.1) is 12.5 Å². The lowest BCUT2D eigenvalue weighted by molar-refractivity contribution is -0.177. The minimum Gasteiger partial charge on any atom is -0.395 e. The molecule has 6 N–H and O–H groups in total. The molecule has 0 saturated heterocycles. The summed E-state index contributed by atoms with van der Waals surface area (Å²) >= 11 is 0. The fraction of sp³-hybridized carbons (Fsp3) is 1.00. The molecule has 0 unspecified atom stereocenters. The van der Waals surface area contributed by atoms with Crippen LogP contribution in [0.2, 0.25) is 0 Å². The van der Waals surface area contributed by atoms with Crippen molar-refractivity contribution in [3.63, 3.8) is 0 Å². The number of alkyl halides is 3. The summed E-state index contributed by atoms with van der Waals surface area (Å²) in [5.41, 5.74) is 4.93. The van der Waals surface area contributed by atoms with Crippen molar-refractivity contribution in [3.8, 4) is 0 Å². The van der Waals surface area contributed by atoms with Gasteiger partial charge in [0.25, 0.3) is 0 Å².